The fourth-order valence-corrected chi connectivity index (χ4v) is 4.40. The summed E-state index contributed by atoms with van der Waals surface area (Å²) < 4.78 is 27.4. The number of nitrogens with zero attached hydrogens (tertiary/aromatic N) is 4. The molecule has 37 heavy (non-hydrogen) atoms. The quantitative estimate of drug-likeness (QED) is 0.248. The van der Waals surface area contributed by atoms with Gasteiger partial charge in [0.2, 0.25) is 5.88 Å². The Labute approximate surface area is 211 Å². The fraction of sp³-hybridized carbons (Fsp3) is 0.304. The summed E-state index contributed by atoms with van der Waals surface area (Å²) in [6.45, 7) is 0.0890. The number of pyridine rings is 1. The third kappa shape index (κ3) is 5.49. The predicted octanol–water partition coefficient (Wildman–Crippen LogP) is 0.656. The molecule has 0 saturated carbocycles. The van der Waals surface area contributed by atoms with Crippen molar-refractivity contribution >= 4 is 36.3 Å². The minimum atomic E-state index is -5.10. The van der Waals surface area contributed by atoms with E-state index in [1.807, 2.05) is 6.07 Å². The third-order valence-corrected chi connectivity index (χ3v) is 6.36. The molecule has 3 aromatic rings. The number of hydrogen-bond acceptors (Lipinski definition) is 9. The van der Waals surface area contributed by atoms with E-state index >= 15 is 0 Å². The molecule has 196 valence electrons. The van der Waals surface area contributed by atoms with E-state index in [2.05, 4.69) is 9.51 Å². The van der Waals surface area contributed by atoms with E-state index < -0.39 is 26.2 Å². The van der Waals surface area contributed by atoms with Crippen LogP contribution in [-0.2, 0) is 20.6 Å². The van der Waals surface area contributed by atoms with E-state index in [1.165, 1.54) is 36.1 Å². The average molecular weight is 531 g/mol. The van der Waals surface area contributed by atoms with E-state index in [9.17, 15) is 23.8 Å². The largest absolute Gasteiger partial charge is 0.756 e. The standard InChI is InChI=1S/C23H25N4O9P/c1-34-17-12-24-21(35-2)19-18(17)16(13-27(19)14-36-37(31,32)33)20(28)23(30)26-10-8-25(9-11-26)22(29)15-6-4-3-5-7-15/h3-7,12-13H,8-11,14H2,1-2H3,(H2,31,32,33)/p-1. The van der Waals surface area contributed by atoms with Gasteiger partial charge in [-0.25, -0.2) is 4.98 Å². The Balaban J connectivity index is 1.59. The number of amides is 2. The zero-order chi connectivity index (χ0) is 26.7. The molecule has 14 heteroatoms. The topological polar surface area (TPSA) is 164 Å². The Morgan fingerprint density at radius 2 is 1.70 bits per heavy atom. The van der Waals surface area contributed by atoms with Crippen molar-refractivity contribution in [1.29, 1.82) is 0 Å². The highest BCUT2D eigenvalue weighted by molar-refractivity contribution is 7.44. The molecule has 2 amide bonds. The first-order chi connectivity index (χ1) is 17.6. The summed E-state index contributed by atoms with van der Waals surface area (Å²) in [6.07, 6.45) is 2.51. The average Bonchev–Trinajstić information content (AvgIpc) is 3.30. The van der Waals surface area contributed by atoms with Gasteiger partial charge in [-0.1, -0.05) is 18.2 Å². The lowest BCUT2D eigenvalue weighted by atomic mass is 10.1. The Kier molecular flexibility index (Phi) is 7.60. The summed E-state index contributed by atoms with van der Waals surface area (Å²) in [5, 5.41) is 0.160. The number of methoxy groups -OCH3 is 2. The van der Waals surface area contributed by atoms with E-state index in [0.29, 0.717) is 5.56 Å². The van der Waals surface area contributed by atoms with Crippen LogP contribution < -0.4 is 14.4 Å². The number of benzene rings is 1. The van der Waals surface area contributed by atoms with Crippen molar-refractivity contribution < 1.29 is 42.7 Å². The number of rotatable bonds is 8. The third-order valence-electron chi connectivity index (χ3n) is 5.91. The van der Waals surface area contributed by atoms with Gasteiger partial charge in [-0.2, -0.15) is 0 Å². The highest BCUT2D eigenvalue weighted by atomic mass is 31.2. The molecule has 1 fully saturated rings. The second-order valence-corrected chi connectivity index (χ2v) is 9.27. The summed E-state index contributed by atoms with van der Waals surface area (Å²) in [5.41, 5.74) is 0.570. The molecular formula is C23H24N4O9P-. The molecule has 1 aromatic carbocycles. The zero-order valence-electron chi connectivity index (χ0n) is 20.0. The van der Waals surface area contributed by atoms with Gasteiger partial charge in [-0.15, -0.1) is 0 Å². The summed E-state index contributed by atoms with van der Waals surface area (Å²) in [6, 6.07) is 8.76. The van der Waals surface area contributed by atoms with Crippen LogP contribution in [0.2, 0.25) is 0 Å². The molecule has 4 rings (SSSR count). The molecule has 0 aliphatic carbocycles. The monoisotopic (exact) mass is 531 g/mol. The number of ether oxygens (including phenoxy) is 2. The minimum absolute atomic E-state index is 0.0117. The number of aromatic nitrogens is 2. The molecule has 1 N–H and O–H groups in total. The van der Waals surface area contributed by atoms with Crippen LogP contribution in [0.3, 0.4) is 0 Å². The molecule has 2 aromatic heterocycles. The highest BCUT2D eigenvalue weighted by Gasteiger charge is 2.32. The number of fused-ring (bicyclic) bond motifs is 1. The number of carbonyl (C=O) groups excluding carboxylic acids is 3. The Morgan fingerprint density at radius 3 is 2.30 bits per heavy atom. The van der Waals surface area contributed by atoms with Crippen LogP contribution in [0.25, 0.3) is 10.9 Å². The lowest BCUT2D eigenvalue weighted by molar-refractivity contribution is -0.222. The van der Waals surface area contributed by atoms with Crippen molar-refractivity contribution in [3.63, 3.8) is 0 Å². The molecule has 1 aliphatic rings. The number of ketones is 1. The lowest BCUT2D eigenvalue weighted by Gasteiger charge is -2.34. The van der Waals surface area contributed by atoms with Crippen LogP contribution in [-0.4, -0.2) is 82.2 Å². The summed E-state index contributed by atoms with van der Waals surface area (Å²) in [4.78, 5) is 66.5. The van der Waals surface area contributed by atoms with Crippen LogP contribution in [0.5, 0.6) is 11.6 Å². The molecule has 0 spiro atoms. The van der Waals surface area contributed by atoms with Crippen molar-refractivity contribution in [1.82, 2.24) is 19.4 Å². The number of Topliss-reactive ketones (excluding diaryl/α,β-unsaturated/α-hetero) is 1. The molecular weight excluding hydrogens is 507 g/mol. The van der Waals surface area contributed by atoms with Crippen LogP contribution in [0, 0.1) is 0 Å². The van der Waals surface area contributed by atoms with Gasteiger partial charge in [0.1, 0.15) is 18.0 Å². The number of piperazine rings is 1. The fourth-order valence-electron chi connectivity index (χ4n) is 4.13. The van der Waals surface area contributed by atoms with Gasteiger partial charge in [0.15, 0.2) is 0 Å². The van der Waals surface area contributed by atoms with Gasteiger partial charge in [-0.05, 0) is 12.1 Å². The van der Waals surface area contributed by atoms with Crippen LogP contribution >= 0.6 is 7.82 Å². The van der Waals surface area contributed by atoms with Gasteiger partial charge in [0.25, 0.3) is 25.4 Å². The van der Waals surface area contributed by atoms with Crippen molar-refractivity contribution in [3.8, 4) is 11.6 Å². The first kappa shape index (κ1) is 26.3. The van der Waals surface area contributed by atoms with Gasteiger partial charge in [0.05, 0.1) is 31.4 Å². The van der Waals surface area contributed by atoms with Gasteiger partial charge in [0, 0.05) is 37.9 Å². The first-order valence-corrected chi connectivity index (χ1v) is 12.6. The molecule has 13 nitrogen and oxygen atoms in total. The maximum atomic E-state index is 13.4. The maximum Gasteiger partial charge on any atom is 0.295 e. The molecule has 0 radical (unpaired) electrons. The normalized spacial score (nSPS) is 15.4. The van der Waals surface area contributed by atoms with Crippen molar-refractivity contribution in [2.45, 2.75) is 6.73 Å². The van der Waals surface area contributed by atoms with Gasteiger partial charge in [-0.3, -0.25) is 23.5 Å². The maximum absolute atomic E-state index is 13.4. The SMILES string of the molecule is COc1cnc(OC)c2c1c(C(=O)C(=O)N1CCN(C(=O)c3ccccc3)CC1)cn2COP(=O)([O-])O. The zero-order valence-corrected chi connectivity index (χ0v) is 20.9. The number of phosphoric acid groups is 1. The van der Waals surface area contributed by atoms with Crippen LogP contribution in [0.4, 0.5) is 0 Å². The van der Waals surface area contributed by atoms with Crippen molar-refractivity contribution in [2.24, 2.45) is 0 Å². The summed E-state index contributed by atoms with van der Waals surface area (Å²) in [5.74, 6) is -1.70. The summed E-state index contributed by atoms with van der Waals surface area (Å²) in [7, 11) is -2.44. The van der Waals surface area contributed by atoms with E-state index in [-0.39, 0.29) is 60.2 Å². The van der Waals surface area contributed by atoms with E-state index in [0.717, 1.165) is 0 Å². The minimum Gasteiger partial charge on any atom is -0.756 e. The number of hydrogen-bond donors (Lipinski definition) is 1. The van der Waals surface area contributed by atoms with Crippen molar-refractivity contribution in [2.75, 3.05) is 40.4 Å². The predicted molar refractivity (Wildman–Crippen MR) is 127 cm³/mol. The van der Waals surface area contributed by atoms with Crippen LogP contribution in [0.1, 0.15) is 20.7 Å². The smallest absolute Gasteiger partial charge is 0.295 e. The van der Waals surface area contributed by atoms with Gasteiger partial charge < -0.3 is 33.6 Å². The van der Waals surface area contributed by atoms with E-state index in [4.69, 9.17) is 14.4 Å². The van der Waals surface area contributed by atoms with Crippen molar-refractivity contribution in [3.05, 3.63) is 53.9 Å². The molecule has 1 aliphatic heterocycles. The number of carbonyl (C=O) groups is 3. The first-order valence-electron chi connectivity index (χ1n) is 11.1. The second-order valence-electron chi connectivity index (χ2n) is 8.08. The summed E-state index contributed by atoms with van der Waals surface area (Å²) >= 11 is 0. The van der Waals surface area contributed by atoms with Crippen LogP contribution in [0.15, 0.2) is 42.7 Å². The highest BCUT2D eigenvalue weighted by Crippen LogP contribution is 2.38. The molecule has 1 saturated heterocycles. The second kappa shape index (κ2) is 10.7. The molecule has 0 bridgehead atoms. The molecule has 1 atom stereocenters. The lowest BCUT2D eigenvalue weighted by Crippen LogP contribution is -2.52. The number of phosphoric ester groups is 1. The Bertz CT molecular complexity index is 1380. The Morgan fingerprint density at radius 1 is 1.05 bits per heavy atom. The van der Waals surface area contributed by atoms with E-state index in [1.54, 1.807) is 29.2 Å². The molecule has 3 heterocycles. The Hall–Kier alpha value is -3.77. The van der Waals surface area contributed by atoms with Gasteiger partial charge >= 0.3 is 0 Å². The molecule has 1 unspecified atom stereocenters.